The molecule has 2 nitrogen and oxygen atoms in total. The van der Waals surface area contributed by atoms with Crippen molar-refractivity contribution in [1.82, 2.24) is 0 Å². The Bertz CT molecular complexity index is 548. The fourth-order valence-electron chi connectivity index (χ4n) is 7.12. The number of allylic oxidation sites excluding steroid dienone is 2. The van der Waals surface area contributed by atoms with Gasteiger partial charge in [0.15, 0.2) is 0 Å². The fourth-order valence-corrected chi connectivity index (χ4v) is 7.12. The van der Waals surface area contributed by atoms with Crippen LogP contribution in [-0.4, -0.2) is 12.1 Å². The third-order valence-corrected chi connectivity index (χ3v) is 7.52. The average molecular weight is 284 g/mol. The van der Waals surface area contributed by atoms with Gasteiger partial charge in [-0.2, -0.15) is 0 Å². The van der Waals surface area contributed by atoms with Gasteiger partial charge in [0.05, 0.1) is 0 Å². The summed E-state index contributed by atoms with van der Waals surface area (Å²) >= 11 is 0. The lowest BCUT2D eigenvalue weighted by Gasteiger charge is -2.43. The summed E-state index contributed by atoms with van der Waals surface area (Å²) in [4.78, 5) is 11.9. The van der Waals surface area contributed by atoms with Crippen molar-refractivity contribution >= 4 is 5.97 Å². The van der Waals surface area contributed by atoms with Crippen LogP contribution in [0.15, 0.2) is 24.3 Å². The van der Waals surface area contributed by atoms with Crippen LogP contribution in [0.4, 0.5) is 0 Å². The third-order valence-electron chi connectivity index (χ3n) is 7.52. The van der Waals surface area contributed by atoms with Crippen molar-refractivity contribution in [1.29, 1.82) is 0 Å². The Hall–Kier alpha value is -1.05. The molecule has 9 unspecified atom stereocenters. The molecule has 0 spiro atoms. The Labute approximate surface area is 126 Å². The Balaban J connectivity index is 1.39. The van der Waals surface area contributed by atoms with Crippen LogP contribution in [0.5, 0.6) is 0 Å². The first kappa shape index (κ1) is 12.5. The molecule has 5 aliphatic rings. The lowest BCUT2D eigenvalue weighted by molar-refractivity contribution is -0.149. The second-order valence-corrected chi connectivity index (χ2v) is 8.24. The van der Waals surface area contributed by atoms with E-state index in [0.717, 1.165) is 47.8 Å². The number of fused-ring (bicyclic) bond motifs is 12. The van der Waals surface area contributed by atoms with Crippen molar-refractivity contribution in [3.63, 3.8) is 0 Å². The molecule has 0 amide bonds. The minimum absolute atomic E-state index is 0.173. The average Bonchev–Trinajstić information content (AvgIpc) is 3.20. The van der Waals surface area contributed by atoms with Gasteiger partial charge in [0.2, 0.25) is 0 Å². The molecule has 0 heterocycles. The zero-order valence-corrected chi connectivity index (χ0v) is 12.7. The van der Waals surface area contributed by atoms with E-state index >= 15 is 0 Å². The number of ether oxygens (including phenoxy) is 1. The van der Waals surface area contributed by atoms with Crippen LogP contribution in [0.25, 0.3) is 0 Å². The first-order valence-electron chi connectivity index (χ1n) is 8.68. The van der Waals surface area contributed by atoms with E-state index in [9.17, 15) is 4.79 Å². The minimum atomic E-state index is -0.173. The second kappa shape index (κ2) is 4.02. The summed E-state index contributed by atoms with van der Waals surface area (Å²) in [6.45, 7) is 5.48. The van der Waals surface area contributed by atoms with Crippen LogP contribution in [0, 0.1) is 47.3 Å². The molecule has 112 valence electrons. The van der Waals surface area contributed by atoms with Gasteiger partial charge < -0.3 is 4.74 Å². The van der Waals surface area contributed by atoms with Crippen molar-refractivity contribution < 1.29 is 9.53 Å². The highest BCUT2D eigenvalue weighted by molar-refractivity contribution is 5.87. The topological polar surface area (TPSA) is 26.3 Å². The van der Waals surface area contributed by atoms with Gasteiger partial charge in [-0.15, -0.1) is 0 Å². The SMILES string of the molecule is C=C(C)C(=O)OC1CC2CC1C1C3CC(C4C=CCC43)C21. The summed E-state index contributed by atoms with van der Waals surface area (Å²) in [5.41, 5.74) is 0.544. The van der Waals surface area contributed by atoms with Crippen LogP contribution >= 0.6 is 0 Å². The molecule has 0 aromatic rings. The van der Waals surface area contributed by atoms with Gasteiger partial charge in [0.25, 0.3) is 0 Å². The smallest absolute Gasteiger partial charge is 0.333 e. The van der Waals surface area contributed by atoms with Gasteiger partial charge in [-0.25, -0.2) is 4.79 Å². The number of hydrogen-bond donors (Lipinski definition) is 0. The molecular formula is C19H24O2. The van der Waals surface area contributed by atoms with Gasteiger partial charge in [-0.3, -0.25) is 0 Å². The van der Waals surface area contributed by atoms with Gasteiger partial charge in [-0.1, -0.05) is 18.7 Å². The molecule has 5 rings (SSSR count). The van der Waals surface area contributed by atoms with Gasteiger partial charge >= 0.3 is 5.97 Å². The van der Waals surface area contributed by atoms with Gasteiger partial charge in [0, 0.05) is 5.57 Å². The van der Waals surface area contributed by atoms with Gasteiger partial charge in [0.1, 0.15) is 6.10 Å². The molecule has 4 bridgehead atoms. The highest BCUT2D eigenvalue weighted by Gasteiger charge is 2.67. The lowest BCUT2D eigenvalue weighted by atomic mass is 9.63. The van der Waals surface area contributed by atoms with Crippen molar-refractivity contribution in [3.05, 3.63) is 24.3 Å². The second-order valence-electron chi connectivity index (χ2n) is 8.24. The van der Waals surface area contributed by atoms with Crippen molar-refractivity contribution in [2.75, 3.05) is 0 Å². The van der Waals surface area contributed by atoms with E-state index < -0.39 is 0 Å². The monoisotopic (exact) mass is 284 g/mol. The summed E-state index contributed by atoms with van der Waals surface area (Å²) in [6, 6.07) is 0. The first-order valence-corrected chi connectivity index (χ1v) is 8.68. The van der Waals surface area contributed by atoms with Crippen LogP contribution in [0.1, 0.15) is 32.6 Å². The fraction of sp³-hybridized carbons (Fsp3) is 0.737. The standard InChI is InChI=1S/C19H24O2/c1-9(2)19(20)21-16-7-10-6-15(16)18-14-8-13(17(10)18)11-4-3-5-12(11)14/h3-4,10-18H,1,5-8H2,2H3. The van der Waals surface area contributed by atoms with Crippen molar-refractivity contribution in [2.45, 2.75) is 38.7 Å². The molecule has 9 atom stereocenters. The summed E-state index contributed by atoms with van der Waals surface area (Å²) < 4.78 is 5.78. The summed E-state index contributed by atoms with van der Waals surface area (Å²) in [5, 5.41) is 0. The number of hydrogen-bond acceptors (Lipinski definition) is 2. The van der Waals surface area contributed by atoms with E-state index in [0.29, 0.717) is 11.5 Å². The summed E-state index contributed by atoms with van der Waals surface area (Å²) in [5.74, 6) is 6.81. The first-order chi connectivity index (χ1) is 10.1. The maximum absolute atomic E-state index is 11.9. The van der Waals surface area contributed by atoms with E-state index in [4.69, 9.17) is 4.74 Å². The van der Waals surface area contributed by atoms with Gasteiger partial charge in [-0.05, 0) is 80.0 Å². The molecule has 2 heteroatoms. The predicted molar refractivity (Wildman–Crippen MR) is 80.2 cm³/mol. The third kappa shape index (κ3) is 1.47. The molecule has 4 fully saturated rings. The molecule has 21 heavy (non-hydrogen) atoms. The largest absolute Gasteiger partial charge is 0.459 e. The quantitative estimate of drug-likeness (QED) is 0.335. The van der Waals surface area contributed by atoms with E-state index in [1.54, 1.807) is 6.92 Å². The molecule has 0 aromatic carbocycles. The van der Waals surface area contributed by atoms with E-state index in [-0.39, 0.29) is 12.1 Å². The lowest BCUT2D eigenvalue weighted by Crippen LogP contribution is -2.41. The van der Waals surface area contributed by atoms with Crippen molar-refractivity contribution in [3.8, 4) is 0 Å². The molecule has 0 N–H and O–H groups in total. The van der Waals surface area contributed by atoms with E-state index in [1.165, 1.54) is 19.3 Å². The normalized spacial score (nSPS) is 54.8. The Morgan fingerprint density at radius 1 is 1.10 bits per heavy atom. The summed E-state index contributed by atoms with van der Waals surface area (Å²) in [6.07, 6.45) is 10.3. The Morgan fingerprint density at radius 3 is 2.76 bits per heavy atom. The van der Waals surface area contributed by atoms with Crippen LogP contribution in [-0.2, 0) is 9.53 Å². The van der Waals surface area contributed by atoms with Crippen LogP contribution in [0.2, 0.25) is 0 Å². The molecule has 0 aromatic heterocycles. The summed E-state index contributed by atoms with van der Waals surface area (Å²) in [7, 11) is 0. The highest BCUT2D eigenvalue weighted by atomic mass is 16.5. The predicted octanol–water partition coefficient (Wildman–Crippen LogP) is 3.59. The Morgan fingerprint density at radius 2 is 1.95 bits per heavy atom. The minimum Gasteiger partial charge on any atom is -0.459 e. The molecule has 0 saturated heterocycles. The zero-order chi connectivity index (χ0) is 14.3. The van der Waals surface area contributed by atoms with E-state index in [1.807, 2.05) is 0 Å². The molecule has 4 saturated carbocycles. The number of rotatable bonds is 2. The highest BCUT2D eigenvalue weighted by Crippen LogP contribution is 2.72. The van der Waals surface area contributed by atoms with Crippen LogP contribution in [0.3, 0.4) is 0 Å². The maximum Gasteiger partial charge on any atom is 0.333 e. The number of carbonyl (C=O) groups is 1. The zero-order valence-electron chi connectivity index (χ0n) is 12.7. The maximum atomic E-state index is 11.9. The van der Waals surface area contributed by atoms with Crippen LogP contribution < -0.4 is 0 Å². The molecule has 0 radical (unpaired) electrons. The molecule has 5 aliphatic carbocycles. The van der Waals surface area contributed by atoms with Crippen molar-refractivity contribution in [2.24, 2.45) is 47.3 Å². The molecular weight excluding hydrogens is 260 g/mol. The number of carbonyl (C=O) groups excluding carboxylic acids is 1. The Kier molecular flexibility index (Phi) is 2.39. The number of esters is 1. The van der Waals surface area contributed by atoms with E-state index in [2.05, 4.69) is 18.7 Å². The molecule has 0 aliphatic heterocycles.